The third-order valence-electron chi connectivity index (χ3n) is 2.94. The lowest BCUT2D eigenvalue weighted by molar-refractivity contribution is 0.993. The number of nitrogens with zero attached hydrogens (tertiary/aromatic N) is 2. The van der Waals surface area contributed by atoms with Crippen molar-refractivity contribution in [1.82, 2.24) is 9.38 Å². The summed E-state index contributed by atoms with van der Waals surface area (Å²) in [6, 6.07) is 5.72. The summed E-state index contributed by atoms with van der Waals surface area (Å²) in [6.45, 7) is 2.76. The first-order chi connectivity index (χ1) is 9.15. The lowest BCUT2D eigenvalue weighted by Crippen LogP contribution is -2.03. The second-order valence-corrected chi connectivity index (χ2v) is 6.34. The van der Waals surface area contributed by atoms with Gasteiger partial charge in [-0.15, -0.1) is 11.3 Å². The number of hydrogen-bond acceptors (Lipinski definition) is 3. The van der Waals surface area contributed by atoms with Crippen LogP contribution >= 0.6 is 38.9 Å². The molecule has 1 aromatic carbocycles. The summed E-state index contributed by atoms with van der Waals surface area (Å²) in [5.74, 6) is 0. The molecule has 0 bridgehead atoms. The number of fused-ring (bicyclic) bond motifs is 1. The fourth-order valence-electron chi connectivity index (χ4n) is 1.97. The quantitative estimate of drug-likeness (QED) is 0.735. The van der Waals surface area contributed by atoms with Crippen LogP contribution in [0.1, 0.15) is 11.4 Å². The van der Waals surface area contributed by atoms with Gasteiger partial charge >= 0.3 is 0 Å². The van der Waals surface area contributed by atoms with Crippen molar-refractivity contribution in [2.75, 3.05) is 5.32 Å². The molecule has 3 aromatic rings. The van der Waals surface area contributed by atoms with Crippen LogP contribution in [-0.2, 0) is 6.54 Å². The average molecular weight is 357 g/mol. The van der Waals surface area contributed by atoms with Gasteiger partial charge in [-0.05, 0) is 41.1 Å². The zero-order chi connectivity index (χ0) is 13.4. The van der Waals surface area contributed by atoms with E-state index in [9.17, 15) is 0 Å². The largest absolute Gasteiger partial charge is 0.378 e. The smallest absolute Gasteiger partial charge is 0.194 e. The lowest BCUT2D eigenvalue weighted by atomic mass is 10.3. The van der Waals surface area contributed by atoms with Crippen LogP contribution in [0.3, 0.4) is 0 Å². The van der Waals surface area contributed by atoms with E-state index in [4.69, 9.17) is 11.6 Å². The molecule has 0 fully saturated rings. The summed E-state index contributed by atoms with van der Waals surface area (Å²) in [5, 5.41) is 6.17. The number of aryl methyl sites for hydroxylation is 1. The maximum absolute atomic E-state index is 5.93. The number of nitrogens with one attached hydrogen (secondary N) is 1. The molecule has 3 rings (SSSR count). The highest BCUT2D eigenvalue weighted by molar-refractivity contribution is 9.10. The fourth-order valence-corrected chi connectivity index (χ4v) is 3.57. The van der Waals surface area contributed by atoms with Gasteiger partial charge < -0.3 is 5.32 Å². The number of thiazole rings is 1. The van der Waals surface area contributed by atoms with E-state index in [1.807, 2.05) is 36.7 Å². The van der Waals surface area contributed by atoms with Gasteiger partial charge in [-0.1, -0.05) is 11.6 Å². The summed E-state index contributed by atoms with van der Waals surface area (Å²) in [6.07, 6.45) is 2.05. The van der Waals surface area contributed by atoms with E-state index >= 15 is 0 Å². The standard InChI is InChI=1S/C13H11BrClN3S/c1-8-12(18-4-5-19-13(18)17-8)7-16-11-3-2-9(15)6-10(11)14/h2-6,16H,7H2,1H3. The molecule has 0 aliphatic rings. The SMILES string of the molecule is Cc1nc2sccn2c1CNc1ccc(Cl)cc1Br. The molecular formula is C13H11BrClN3S. The van der Waals surface area contributed by atoms with Crippen molar-refractivity contribution in [2.24, 2.45) is 0 Å². The predicted octanol–water partition coefficient (Wildman–Crippen LogP) is 4.73. The van der Waals surface area contributed by atoms with Crippen LogP contribution in [0, 0.1) is 6.92 Å². The third kappa shape index (κ3) is 2.50. The van der Waals surface area contributed by atoms with Gasteiger partial charge in [-0.2, -0.15) is 0 Å². The maximum Gasteiger partial charge on any atom is 0.194 e. The van der Waals surface area contributed by atoms with E-state index in [1.54, 1.807) is 11.3 Å². The van der Waals surface area contributed by atoms with Gasteiger partial charge in [0, 0.05) is 26.8 Å². The zero-order valence-electron chi connectivity index (χ0n) is 10.2. The molecule has 0 saturated heterocycles. The van der Waals surface area contributed by atoms with E-state index < -0.39 is 0 Å². The van der Waals surface area contributed by atoms with Gasteiger partial charge in [0.1, 0.15) is 0 Å². The molecule has 98 valence electrons. The van der Waals surface area contributed by atoms with Crippen LogP contribution in [0.25, 0.3) is 4.96 Å². The molecule has 0 saturated carbocycles. The van der Waals surface area contributed by atoms with E-state index in [-0.39, 0.29) is 0 Å². The molecule has 0 radical (unpaired) electrons. The number of benzene rings is 1. The molecular weight excluding hydrogens is 346 g/mol. The van der Waals surface area contributed by atoms with Gasteiger partial charge in [0.25, 0.3) is 0 Å². The molecule has 6 heteroatoms. The third-order valence-corrected chi connectivity index (χ3v) is 4.59. The molecule has 19 heavy (non-hydrogen) atoms. The Labute approximate surface area is 128 Å². The number of rotatable bonds is 3. The Kier molecular flexibility index (Phi) is 3.52. The molecule has 0 atom stereocenters. The molecule has 1 N–H and O–H groups in total. The van der Waals surface area contributed by atoms with Crippen molar-refractivity contribution in [3.05, 3.63) is 50.7 Å². The molecule has 0 amide bonds. The van der Waals surface area contributed by atoms with Gasteiger partial charge in [0.2, 0.25) is 0 Å². The van der Waals surface area contributed by atoms with Crippen LogP contribution in [0.4, 0.5) is 5.69 Å². The first kappa shape index (κ1) is 13.0. The Morgan fingerprint density at radius 1 is 1.47 bits per heavy atom. The first-order valence-electron chi connectivity index (χ1n) is 5.75. The zero-order valence-corrected chi connectivity index (χ0v) is 13.3. The van der Waals surface area contributed by atoms with Gasteiger partial charge in [0.05, 0.1) is 17.9 Å². The molecule has 0 spiro atoms. The van der Waals surface area contributed by atoms with E-state index in [0.29, 0.717) is 0 Å². The Hall–Kier alpha value is -1.04. The summed E-state index contributed by atoms with van der Waals surface area (Å²) in [4.78, 5) is 5.56. The van der Waals surface area contributed by atoms with E-state index in [0.717, 1.165) is 32.4 Å². The minimum absolute atomic E-state index is 0.721. The Morgan fingerprint density at radius 2 is 2.32 bits per heavy atom. The van der Waals surface area contributed by atoms with Gasteiger partial charge in [-0.25, -0.2) is 4.98 Å². The second-order valence-electron chi connectivity index (χ2n) is 4.18. The topological polar surface area (TPSA) is 29.3 Å². The predicted molar refractivity (Wildman–Crippen MR) is 84.3 cm³/mol. The average Bonchev–Trinajstić information content (AvgIpc) is 2.90. The maximum atomic E-state index is 5.93. The van der Waals surface area contributed by atoms with Crippen molar-refractivity contribution < 1.29 is 0 Å². The molecule has 2 heterocycles. The van der Waals surface area contributed by atoms with Crippen LogP contribution in [-0.4, -0.2) is 9.38 Å². The lowest BCUT2D eigenvalue weighted by Gasteiger charge is -2.09. The van der Waals surface area contributed by atoms with Crippen LogP contribution in [0.2, 0.25) is 5.02 Å². The van der Waals surface area contributed by atoms with E-state index in [1.165, 1.54) is 5.69 Å². The number of hydrogen-bond donors (Lipinski definition) is 1. The molecule has 0 unspecified atom stereocenters. The number of imidazole rings is 1. The highest BCUT2D eigenvalue weighted by Gasteiger charge is 2.09. The minimum atomic E-state index is 0.721. The van der Waals surface area contributed by atoms with Crippen molar-refractivity contribution in [1.29, 1.82) is 0 Å². The highest BCUT2D eigenvalue weighted by atomic mass is 79.9. The number of aromatic nitrogens is 2. The summed E-state index contributed by atoms with van der Waals surface area (Å²) >= 11 is 11.1. The summed E-state index contributed by atoms with van der Waals surface area (Å²) in [7, 11) is 0. The Balaban J connectivity index is 1.85. The second kappa shape index (κ2) is 5.15. The van der Waals surface area contributed by atoms with Crippen molar-refractivity contribution in [3.8, 4) is 0 Å². The highest BCUT2D eigenvalue weighted by Crippen LogP contribution is 2.27. The number of anilines is 1. The van der Waals surface area contributed by atoms with Crippen molar-refractivity contribution in [2.45, 2.75) is 13.5 Å². The molecule has 0 aliphatic carbocycles. The summed E-state index contributed by atoms with van der Waals surface area (Å²) in [5.41, 5.74) is 3.26. The molecule has 0 aliphatic heterocycles. The van der Waals surface area contributed by atoms with Gasteiger partial charge in [-0.3, -0.25) is 4.40 Å². The summed E-state index contributed by atoms with van der Waals surface area (Å²) < 4.78 is 3.08. The number of halogens is 2. The first-order valence-corrected chi connectivity index (χ1v) is 7.80. The van der Waals surface area contributed by atoms with Crippen molar-refractivity contribution in [3.63, 3.8) is 0 Å². The van der Waals surface area contributed by atoms with E-state index in [2.05, 4.69) is 30.6 Å². The molecule has 2 aromatic heterocycles. The Morgan fingerprint density at radius 3 is 3.11 bits per heavy atom. The van der Waals surface area contributed by atoms with Crippen LogP contribution in [0.5, 0.6) is 0 Å². The van der Waals surface area contributed by atoms with Crippen LogP contribution in [0.15, 0.2) is 34.2 Å². The van der Waals surface area contributed by atoms with Gasteiger partial charge in [0.15, 0.2) is 4.96 Å². The monoisotopic (exact) mass is 355 g/mol. The normalized spacial score (nSPS) is 11.1. The van der Waals surface area contributed by atoms with Crippen molar-refractivity contribution >= 4 is 49.5 Å². The molecule has 3 nitrogen and oxygen atoms in total. The Bertz CT molecular complexity index is 735. The van der Waals surface area contributed by atoms with Crippen LogP contribution < -0.4 is 5.32 Å². The fraction of sp³-hybridized carbons (Fsp3) is 0.154. The minimum Gasteiger partial charge on any atom is -0.378 e.